The van der Waals surface area contributed by atoms with Crippen molar-refractivity contribution >= 4 is 40.1 Å². The van der Waals surface area contributed by atoms with Crippen molar-refractivity contribution in [2.75, 3.05) is 42.7 Å². The third-order valence-electron chi connectivity index (χ3n) is 6.76. The highest BCUT2D eigenvalue weighted by atomic mass is 35.5. The van der Waals surface area contributed by atoms with Crippen molar-refractivity contribution in [2.45, 2.75) is 49.0 Å². The standard InChI is InChI=1S/C23H28ClN5O2S/c1-28-14-18(6-7-20(28)30)25-22-21-19(10-13-32(21)31)26-23(27-22)29-11-8-16(9-12-29)15-2-4-17(24)5-3-15/h2-5,16,18H,6-14H2,1H3,(H,25,26,27)/t18?,32-/m0/s1. The van der Waals surface area contributed by atoms with Crippen molar-refractivity contribution in [3.05, 3.63) is 40.5 Å². The Morgan fingerprint density at radius 2 is 1.84 bits per heavy atom. The van der Waals surface area contributed by atoms with Gasteiger partial charge < -0.3 is 15.1 Å². The number of aromatic nitrogens is 2. The van der Waals surface area contributed by atoms with E-state index in [0.29, 0.717) is 30.5 Å². The summed E-state index contributed by atoms with van der Waals surface area (Å²) in [4.78, 5) is 26.3. The quantitative estimate of drug-likeness (QED) is 0.734. The number of nitrogens with one attached hydrogen (secondary N) is 1. The van der Waals surface area contributed by atoms with Gasteiger partial charge in [0.05, 0.1) is 16.5 Å². The molecule has 1 aromatic carbocycles. The van der Waals surface area contributed by atoms with Crippen LogP contribution in [0.3, 0.4) is 0 Å². The summed E-state index contributed by atoms with van der Waals surface area (Å²) in [6.45, 7) is 2.40. The van der Waals surface area contributed by atoms with E-state index in [-0.39, 0.29) is 11.9 Å². The number of rotatable bonds is 4. The number of carbonyl (C=O) groups is 1. The Hall–Kier alpha value is -2.19. The first kappa shape index (κ1) is 21.6. The van der Waals surface area contributed by atoms with E-state index in [4.69, 9.17) is 21.6 Å². The third kappa shape index (κ3) is 4.35. The molecule has 0 spiro atoms. The summed E-state index contributed by atoms with van der Waals surface area (Å²) in [6.07, 6.45) is 4.07. The van der Waals surface area contributed by atoms with Crippen LogP contribution in [0.2, 0.25) is 5.02 Å². The minimum Gasteiger partial charge on any atom is -0.364 e. The monoisotopic (exact) mass is 473 g/mol. The molecule has 7 nitrogen and oxygen atoms in total. The highest BCUT2D eigenvalue weighted by Crippen LogP contribution is 2.34. The number of likely N-dealkylation sites (tertiary alicyclic amines) is 1. The Bertz CT molecular complexity index is 1040. The number of anilines is 2. The lowest BCUT2D eigenvalue weighted by Crippen LogP contribution is -2.43. The first-order chi connectivity index (χ1) is 15.5. The molecule has 1 unspecified atom stereocenters. The third-order valence-corrected chi connectivity index (χ3v) is 8.47. The fourth-order valence-corrected chi connectivity index (χ4v) is 6.33. The second-order valence-corrected chi connectivity index (χ2v) is 10.9. The summed E-state index contributed by atoms with van der Waals surface area (Å²) in [5.41, 5.74) is 2.23. The van der Waals surface area contributed by atoms with Crippen molar-refractivity contribution < 1.29 is 9.00 Å². The second kappa shape index (κ2) is 8.98. The lowest BCUT2D eigenvalue weighted by Gasteiger charge is -2.33. The van der Waals surface area contributed by atoms with Crippen molar-refractivity contribution in [3.63, 3.8) is 0 Å². The Morgan fingerprint density at radius 3 is 2.56 bits per heavy atom. The number of likely N-dealkylation sites (N-methyl/N-ethyl adjacent to an activating group) is 1. The maximum Gasteiger partial charge on any atom is 0.227 e. The number of benzene rings is 1. The number of carbonyl (C=O) groups excluding carboxylic acids is 1. The number of nitrogens with zero attached hydrogens (tertiary/aromatic N) is 4. The molecule has 1 N–H and O–H groups in total. The molecule has 9 heteroatoms. The highest BCUT2D eigenvalue weighted by molar-refractivity contribution is 7.85. The molecule has 0 saturated carbocycles. The Kier molecular flexibility index (Phi) is 6.07. The van der Waals surface area contributed by atoms with E-state index in [0.717, 1.165) is 60.3 Å². The van der Waals surface area contributed by atoms with Gasteiger partial charge in [-0.15, -0.1) is 0 Å². The number of halogens is 1. The SMILES string of the molecule is CN1CC(Nc2nc(N3CCC(c4ccc(Cl)cc4)CC3)nc3c2[S@@](=O)CC3)CCC1=O. The minimum atomic E-state index is -1.07. The van der Waals surface area contributed by atoms with Crippen LogP contribution in [0.5, 0.6) is 0 Å². The van der Waals surface area contributed by atoms with E-state index >= 15 is 0 Å². The molecule has 2 atom stereocenters. The molecule has 2 fully saturated rings. The number of hydrogen-bond donors (Lipinski definition) is 1. The van der Waals surface area contributed by atoms with Gasteiger partial charge >= 0.3 is 0 Å². The predicted molar refractivity (Wildman–Crippen MR) is 127 cm³/mol. The number of piperidine rings is 2. The smallest absolute Gasteiger partial charge is 0.227 e. The molecule has 0 bridgehead atoms. The van der Waals surface area contributed by atoms with Crippen molar-refractivity contribution in [1.82, 2.24) is 14.9 Å². The van der Waals surface area contributed by atoms with E-state index < -0.39 is 10.8 Å². The van der Waals surface area contributed by atoms with Gasteiger partial charge in [-0.3, -0.25) is 9.00 Å². The molecule has 3 aliphatic heterocycles. The summed E-state index contributed by atoms with van der Waals surface area (Å²) in [5, 5.41) is 4.27. The first-order valence-corrected chi connectivity index (χ1v) is 13.0. The van der Waals surface area contributed by atoms with Crippen LogP contribution in [0.15, 0.2) is 29.2 Å². The van der Waals surface area contributed by atoms with Crippen LogP contribution >= 0.6 is 11.6 Å². The van der Waals surface area contributed by atoms with Crippen LogP contribution in [0.25, 0.3) is 0 Å². The molecule has 2 aromatic rings. The van der Waals surface area contributed by atoms with E-state index in [1.54, 1.807) is 4.90 Å². The van der Waals surface area contributed by atoms with Crippen molar-refractivity contribution in [2.24, 2.45) is 0 Å². The van der Waals surface area contributed by atoms with E-state index in [1.807, 2.05) is 19.2 Å². The molecule has 3 aliphatic rings. The number of aryl methyl sites for hydroxylation is 1. The summed E-state index contributed by atoms with van der Waals surface area (Å²) in [6, 6.07) is 8.27. The zero-order chi connectivity index (χ0) is 22.2. The van der Waals surface area contributed by atoms with Crippen molar-refractivity contribution in [3.8, 4) is 0 Å². The van der Waals surface area contributed by atoms with E-state index in [2.05, 4.69) is 22.3 Å². The van der Waals surface area contributed by atoms with Gasteiger partial charge in [-0.05, 0) is 42.9 Å². The molecular formula is C23H28ClN5O2S. The number of hydrogen-bond acceptors (Lipinski definition) is 6. The Morgan fingerprint density at radius 1 is 1.09 bits per heavy atom. The first-order valence-electron chi connectivity index (χ1n) is 11.3. The molecule has 1 aromatic heterocycles. The lowest BCUT2D eigenvalue weighted by atomic mass is 9.89. The minimum absolute atomic E-state index is 0.109. The van der Waals surface area contributed by atoms with Crippen molar-refractivity contribution in [1.29, 1.82) is 0 Å². The second-order valence-electron chi connectivity index (χ2n) is 8.91. The average Bonchev–Trinajstić information content (AvgIpc) is 3.18. The fraction of sp³-hybridized carbons (Fsp3) is 0.522. The highest BCUT2D eigenvalue weighted by Gasteiger charge is 2.31. The average molecular weight is 474 g/mol. The summed E-state index contributed by atoms with van der Waals surface area (Å²) in [7, 11) is 0.756. The normalized spacial score (nSPS) is 24.0. The van der Waals surface area contributed by atoms with Gasteiger partial charge in [0.15, 0.2) is 0 Å². The van der Waals surface area contributed by atoms with Gasteiger partial charge in [0.25, 0.3) is 0 Å². The van der Waals surface area contributed by atoms with Gasteiger partial charge in [0.2, 0.25) is 11.9 Å². The summed E-state index contributed by atoms with van der Waals surface area (Å²) >= 11 is 6.04. The maximum atomic E-state index is 12.7. The Labute approximate surface area is 196 Å². The largest absolute Gasteiger partial charge is 0.364 e. The Balaban J connectivity index is 1.34. The molecular weight excluding hydrogens is 446 g/mol. The van der Waals surface area contributed by atoms with Crippen LogP contribution in [0.4, 0.5) is 11.8 Å². The van der Waals surface area contributed by atoms with Crippen LogP contribution < -0.4 is 10.2 Å². The van der Waals surface area contributed by atoms with Gasteiger partial charge in [-0.2, -0.15) is 4.98 Å². The molecule has 0 aliphatic carbocycles. The lowest BCUT2D eigenvalue weighted by molar-refractivity contribution is -0.132. The van der Waals surface area contributed by atoms with E-state index in [9.17, 15) is 9.00 Å². The predicted octanol–water partition coefficient (Wildman–Crippen LogP) is 3.21. The van der Waals surface area contributed by atoms with Gasteiger partial charge in [0.1, 0.15) is 10.7 Å². The zero-order valence-electron chi connectivity index (χ0n) is 18.2. The molecule has 5 rings (SSSR count). The van der Waals surface area contributed by atoms with Crippen LogP contribution in [-0.2, 0) is 22.0 Å². The molecule has 170 valence electrons. The van der Waals surface area contributed by atoms with Gasteiger partial charge in [-0.1, -0.05) is 23.7 Å². The number of fused-ring (bicyclic) bond motifs is 1. The van der Waals surface area contributed by atoms with Gasteiger partial charge in [0, 0.05) is 56.3 Å². The number of amides is 1. The molecule has 32 heavy (non-hydrogen) atoms. The topological polar surface area (TPSA) is 78.4 Å². The van der Waals surface area contributed by atoms with Crippen LogP contribution in [0.1, 0.15) is 42.9 Å². The van der Waals surface area contributed by atoms with Crippen LogP contribution in [-0.4, -0.2) is 63.5 Å². The summed E-state index contributed by atoms with van der Waals surface area (Å²) < 4.78 is 12.7. The summed E-state index contributed by atoms with van der Waals surface area (Å²) in [5.74, 6) is 2.69. The maximum absolute atomic E-state index is 12.7. The van der Waals surface area contributed by atoms with E-state index in [1.165, 1.54) is 5.56 Å². The van der Waals surface area contributed by atoms with Crippen LogP contribution in [0, 0.1) is 0 Å². The molecule has 2 saturated heterocycles. The molecule has 4 heterocycles. The zero-order valence-corrected chi connectivity index (χ0v) is 19.8. The van der Waals surface area contributed by atoms with Gasteiger partial charge in [-0.25, -0.2) is 4.98 Å². The molecule has 0 radical (unpaired) electrons. The fourth-order valence-electron chi connectivity index (χ4n) is 4.89. The molecule has 1 amide bonds.